The zero-order valence-corrected chi connectivity index (χ0v) is 16.4. The zero-order valence-electron chi connectivity index (χ0n) is 16.4. The summed E-state index contributed by atoms with van der Waals surface area (Å²) < 4.78 is 5.49. The van der Waals surface area contributed by atoms with Gasteiger partial charge in [-0.1, -0.05) is 19.1 Å². The largest absolute Gasteiger partial charge is 0.495 e. The first-order chi connectivity index (χ1) is 12.6. The van der Waals surface area contributed by atoms with Crippen LogP contribution in [0.15, 0.2) is 24.3 Å². The molecule has 6 heteroatoms. The molecule has 1 aromatic rings. The standard InChI is InChI=1S/C20H32N4O2/c1-4-21-9-11-24(12-10-21)20(25)17(2)22-13-15-23(16-14-22)18-7-5-6-8-19(18)26-3/h5-8,17H,4,9-16H2,1-3H3. The third kappa shape index (κ3) is 4.13. The van der Waals surface area contributed by atoms with Crippen molar-refractivity contribution in [2.24, 2.45) is 0 Å². The fourth-order valence-electron chi connectivity index (χ4n) is 3.95. The van der Waals surface area contributed by atoms with E-state index in [1.807, 2.05) is 23.1 Å². The molecule has 2 heterocycles. The van der Waals surface area contributed by atoms with Crippen molar-refractivity contribution < 1.29 is 9.53 Å². The lowest BCUT2D eigenvalue weighted by molar-refractivity contribution is -0.138. The second kappa shape index (κ2) is 8.73. The number of likely N-dealkylation sites (N-methyl/N-ethyl adjacent to an activating group) is 1. The van der Waals surface area contributed by atoms with Gasteiger partial charge < -0.3 is 19.4 Å². The van der Waals surface area contributed by atoms with Gasteiger partial charge in [-0.05, 0) is 25.6 Å². The van der Waals surface area contributed by atoms with E-state index in [9.17, 15) is 4.79 Å². The maximum Gasteiger partial charge on any atom is 0.239 e. The van der Waals surface area contributed by atoms with E-state index in [0.717, 1.165) is 70.3 Å². The first kappa shape index (κ1) is 19.0. The second-order valence-corrected chi connectivity index (χ2v) is 7.13. The predicted molar refractivity (Wildman–Crippen MR) is 105 cm³/mol. The molecule has 0 aromatic heterocycles. The van der Waals surface area contributed by atoms with Crippen molar-refractivity contribution in [1.82, 2.24) is 14.7 Å². The number of carbonyl (C=O) groups is 1. The molecule has 2 fully saturated rings. The molecule has 1 unspecified atom stereocenters. The van der Waals surface area contributed by atoms with Crippen LogP contribution in [0.3, 0.4) is 0 Å². The van der Waals surface area contributed by atoms with Crippen LogP contribution in [0.5, 0.6) is 5.75 Å². The van der Waals surface area contributed by atoms with Gasteiger partial charge in [0.15, 0.2) is 0 Å². The summed E-state index contributed by atoms with van der Waals surface area (Å²) in [6, 6.07) is 8.12. The van der Waals surface area contributed by atoms with Crippen LogP contribution in [-0.2, 0) is 4.79 Å². The molecule has 144 valence electrons. The van der Waals surface area contributed by atoms with Gasteiger partial charge in [0.25, 0.3) is 0 Å². The minimum Gasteiger partial charge on any atom is -0.495 e. The lowest BCUT2D eigenvalue weighted by atomic mass is 10.1. The molecule has 6 nitrogen and oxygen atoms in total. The SMILES string of the molecule is CCN1CCN(C(=O)C(C)N2CCN(c3ccccc3OC)CC2)CC1. The van der Waals surface area contributed by atoms with Gasteiger partial charge in [-0.3, -0.25) is 9.69 Å². The fourth-order valence-corrected chi connectivity index (χ4v) is 3.95. The molecule has 1 atom stereocenters. The van der Waals surface area contributed by atoms with E-state index >= 15 is 0 Å². The van der Waals surface area contributed by atoms with Gasteiger partial charge >= 0.3 is 0 Å². The highest BCUT2D eigenvalue weighted by atomic mass is 16.5. The topological polar surface area (TPSA) is 39.3 Å². The minimum absolute atomic E-state index is 0.0389. The van der Waals surface area contributed by atoms with Crippen molar-refractivity contribution in [3.8, 4) is 5.75 Å². The highest BCUT2D eigenvalue weighted by Gasteiger charge is 2.30. The first-order valence-electron chi connectivity index (χ1n) is 9.77. The zero-order chi connectivity index (χ0) is 18.5. The van der Waals surface area contributed by atoms with Crippen LogP contribution in [0.4, 0.5) is 5.69 Å². The normalized spacial score (nSPS) is 20.9. The number of carbonyl (C=O) groups excluding carboxylic acids is 1. The highest BCUT2D eigenvalue weighted by Crippen LogP contribution is 2.28. The van der Waals surface area contributed by atoms with E-state index in [1.165, 1.54) is 0 Å². The van der Waals surface area contributed by atoms with Crippen LogP contribution in [0.2, 0.25) is 0 Å². The summed E-state index contributed by atoms with van der Waals surface area (Å²) in [6.45, 7) is 12.7. The van der Waals surface area contributed by atoms with Crippen molar-refractivity contribution in [3.05, 3.63) is 24.3 Å². The summed E-state index contributed by atoms with van der Waals surface area (Å²) in [4.78, 5) is 22.0. The fraction of sp³-hybridized carbons (Fsp3) is 0.650. The smallest absolute Gasteiger partial charge is 0.239 e. The minimum atomic E-state index is -0.0389. The molecule has 3 rings (SSSR count). The average molecular weight is 361 g/mol. The molecule has 0 N–H and O–H groups in total. The Kier molecular flexibility index (Phi) is 6.38. The molecule has 2 saturated heterocycles. The molecule has 1 amide bonds. The maximum absolute atomic E-state index is 12.9. The van der Waals surface area contributed by atoms with Gasteiger partial charge in [-0.15, -0.1) is 0 Å². The van der Waals surface area contributed by atoms with Crippen LogP contribution in [0.25, 0.3) is 0 Å². The number of methoxy groups -OCH3 is 1. The van der Waals surface area contributed by atoms with Crippen molar-refractivity contribution in [3.63, 3.8) is 0 Å². The predicted octanol–water partition coefficient (Wildman–Crippen LogP) is 1.37. The number of hydrogen-bond acceptors (Lipinski definition) is 5. The van der Waals surface area contributed by atoms with Gasteiger partial charge in [-0.2, -0.15) is 0 Å². The Morgan fingerprint density at radius 1 is 1.04 bits per heavy atom. The summed E-state index contributed by atoms with van der Waals surface area (Å²) in [5.74, 6) is 1.20. The second-order valence-electron chi connectivity index (χ2n) is 7.13. The summed E-state index contributed by atoms with van der Waals surface area (Å²) in [7, 11) is 1.72. The molecule has 26 heavy (non-hydrogen) atoms. The Balaban J connectivity index is 1.53. The number of rotatable bonds is 5. The maximum atomic E-state index is 12.9. The van der Waals surface area contributed by atoms with Crippen molar-refractivity contribution >= 4 is 11.6 Å². The van der Waals surface area contributed by atoms with Crippen molar-refractivity contribution in [2.45, 2.75) is 19.9 Å². The molecule has 0 saturated carbocycles. The Bertz CT molecular complexity index is 593. The van der Waals surface area contributed by atoms with Crippen LogP contribution in [0.1, 0.15) is 13.8 Å². The Hall–Kier alpha value is -1.79. The summed E-state index contributed by atoms with van der Waals surface area (Å²) >= 11 is 0. The molecular formula is C20H32N4O2. The lowest BCUT2D eigenvalue weighted by Gasteiger charge is -2.41. The molecule has 0 bridgehead atoms. The van der Waals surface area contributed by atoms with Gasteiger partial charge in [-0.25, -0.2) is 0 Å². The number of anilines is 1. The summed E-state index contributed by atoms with van der Waals surface area (Å²) in [5, 5.41) is 0. The van der Waals surface area contributed by atoms with E-state index in [-0.39, 0.29) is 11.9 Å². The summed E-state index contributed by atoms with van der Waals surface area (Å²) in [6.07, 6.45) is 0. The molecule has 1 aromatic carbocycles. The number of ether oxygens (including phenoxy) is 1. The lowest BCUT2D eigenvalue weighted by Crippen LogP contribution is -2.57. The average Bonchev–Trinajstić information content (AvgIpc) is 2.73. The van der Waals surface area contributed by atoms with Crippen LogP contribution in [0, 0.1) is 0 Å². The Morgan fingerprint density at radius 3 is 2.31 bits per heavy atom. The number of nitrogens with zero attached hydrogens (tertiary/aromatic N) is 4. The monoisotopic (exact) mass is 360 g/mol. The van der Waals surface area contributed by atoms with E-state index in [2.05, 4.69) is 34.6 Å². The molecule has 0 radical (unpaired) electrons. The molecule has 0 aliphatic carbocycles. The van der Waals surface area contributed by atoms with E-state index in [0.29, 0.717) is 0 Å². The quantitative estimate of drug-likeness (QED) is 0.793. The highest BCUT2D eigenvalue weighted by molar-refractivity contribution is 5.81. The Morgan fingerprint density at radius 2 is 1.69 bits per heavy atom. The number of amides is 1. The van der Waals surface area contributed by atoms with Gasteiger partial charge in [0, 0.05) is 52.4 Å². The van der Waals surface area contributed by atoms with E-state index in [1.54, 1.807) is 7.11 Å². The number of hydrogen-bond donors (Lipinski definition) is 0. The van der Waals surface area contributed by atoms with E-state index < -0.39 is 0 Å². The third-order valence-corrected chi connectivity index (χ3v) is 5.78. The van der Waals surface area contributed by atoms with Crippen molar-refractivity contribution in [1.29, 1.82) is 0 Å². The van der Waals surface area contributed by atoms with E-state index in [4.69, 9.17) is 4.74 Å². The van der Waals surface area contributed by atoms with Gasteiger partial charge in [0.2, 0.25) is 5.91 Å². The molecule has 2 aliphatic rings. The number of benzene rings is 1. The van der Waals surface area contributed by atoms with Crippen molar-refractivity contribution in [2.75, 3.05) is 70.9 Å². The molecule has 2 aliphatic heterocycles. The number of piperazine rings is 2. The number of para-hydroxylation sites is 2. The van der Waals surface area contributed by atoms with Gasteiger partial charge in [0.1, 0.15) is 5.75 Å². The first-order valence-corrected chi connectivity index (χ1v) is 9.77. The van der Waals surface area contributed by atoms with Crippen LogP contribution in [-0.4, -0.2) is 92.7 Å². The summed E-state index contributed by atoms with van der Waals surface area (Å²) in [5.41, 5.74) is 1.14. The Labute approximate surface area is 157 Å². The third-order valence-electron chi connectivity index (χ3n) is 5.78. The van der Waals surface area contributed by atoms with Crippen LogP contribution >= 0.6 is 0 Å². The molecular weight excluding hydrogens is 328 g/mol. The van der Waals surface area contributed by atoms with Gasteiger partial charge in [0.05, 0.1) is 18.8 Å². The van der Waals surface area contributed by atoms with Crippen LogP contribution < -0.4 is 9.64 Å². The molecule has 0 spiro atoms.